The molecule has 0 unspecified atom stereocenters. The van der Waals surface area contributed by atoms with E-state index in [1.54, 1.807) is 11.3 Å². The summed E-state index contributed by atoms with van der Waals surface area (Å²) >= 11 is 7.57. The van der Waals surface area contributed by atoms with Gasteiger partial charge in [-0.05, 0) is 19.1 Å². The summed E-state index contributed by atoms with van der Waals surface area (Å²) in [6, 6.07) is 5.70. The summed E-state index contributed by atoms with van der Waals surface area (Å²) in [6.07, 6.45) is 0. The summed E-state index contributed by atoms with van der Waals surface area (Å²) < 4.78 is 5.42. The fourth-order valence-corrected chi connectivity index (χ4v) is 2.02. The monoisotopic (exact) mass is 239 g/mol. The molecule has 0 radical (unpaired) electrons. The fourth-order valence-electron chi connectivity index (χ4n) is 1.28. The molecule has 0 aliphatic rings. The number of benzene rings is 1. The third-order valence-corrected chi connectivity index (χ3v) is 2.86. The number of hydrogen-bond acceptors (Lipinski definition) is 3. The maximum Gasteiger partial charge on any atom is 0.138 e. The lowest BCUT2D eigenvalue weighted by atomic mass is 10.1. The van der Waals surface area contributed by atoms with Crippen molar-refractivity contribution in [3.8, 4) is 17.0 Å². The molecular weight excluding hydrogens is 230 g/mol. The largest absolute Gasteiger partial charge is 0.492 e. The van der Waals surface area contributed by atoms with Crippen LogP contribution >= 0.6 is 22.9 Å². The molecule has 0 aliphatic heterocycles. The van der Waals surface area contributed by atoms with Gasteiger partial charge in [0.2, 0.25) is 0 Å². The minimum Gasteiger partial charge on any atom is -0.492 e. The molecule has 1 aromatic carbocycles. The van der Waals surface area contributed by atoms with Crippen molar-refractivity contribution < 1.29 is 4.74 Å². The number of halogens is 1. The normalized spacial score (nSPS) is 10.3. The van der Waals surface area contributed by atoms with E-state index in [9.17, 15) is 0 Å². The van der Waals surface area contributed by atoms with E-state index in [2.05, 4.69) is 4.98 Å². The number of rotatable bonds is 3. The van der Waals surface area contributed by atoms with Gasteiger partial charge < -0.3 is 4.74 Å². The molecule has 0 atom stereocenters. The van der Waals surface area contributed by atoms with Crippen LogP contribution in [0.15, 0.2) is 29.1 Å². The van der Waals surface area contributed by atoms with Crippen molar-refractivity contribution in [3.05, 3.63) is 34.1 Å². The van der Waals surface area contributed by atoms with E-state index in [1.165, 1.54) is 0 Å². The second kappa shape index (κ2) is 4.64. The quantitative estimate of drug-likeness (QED) is 0.812. The SMILES string of the molecule is CCOc1cc(-c2cscn2)ccc1Cl. The van der Waals surface area contributed by atoms with E-state index in [4.69, 9.17) is 16.3 Å². The maximum atomic E-state index is 5.99. The molecule has 2 nitrogen and oxygen atoms in total. The summed E-state index contributed by atoms with van der Waals surface area (Å²) in [5, 5.41) is 2.63. The van der Waals surface area contributed by atoms with Crippen LogP contribution in [0, 0.1) is 0 Å². The van der Waals surface area contributed by atoms with Crippen molar-refractivity contribution in [1.82, 2.24) is 4.98 Å². The first kappa shape index (κ1) is 10.5. The molecule has 1 heterocycles. The Bertz CT molecular complexity index is 442. The van der Waals surface area contributed by atoms with Crippen molar-refractivity contribution in [2.24, 2.45) is 0 Å². The van der Waals surface area contributed by atoms with Crippen molar-refractivity contribution >= 4 is 22.9 Å². The molecule has 0 bridgehead atoms. The minimum absolute atomic E-state index is 0.611. The van der Waals surface area contributed by atoms with Gasteiger partial charge in [0.05, 0.1) is 22.8 Å². The lowest BCUT2D eigenvalue weighted by molar-refractivity contribution is 0.340. The fraction of sp³-hybridized carbons (Fsp3) is 0.182. The topological polar surface area (TPSA) is 22.1 Å². The number of nitrogens with zero attached hydrogens (tertiary/aromatic N) is 1. The first-order valence-corrected chi connectivity index (χ1v) is 5.94. The molecule has 0 spiro atoms. The second-order valence-electron chi connectivity index (χ2n) is 2.95. The first-order chi connectivity index (χ1) is 7.31. The lowest BCUT2D eigenvalue weighted by Gasteiger charge is -2.06. The molecular formula is C11H10ClNOS. The Hall–Kier alpha value is -1.06. The summed E-state index contributed by atoms with van der Waals surface area (Å²) in [5.41, 5.74) is 3.80. The summed E-state index contributed by atoms with van der Waals surface area (Å²) in [6.45, 7) is 2.55. The zero-order valence-electron chi connectivity index (χ0n) is 8.24. The molecule has 2 aromatic rings. The Morgan fingerprint density at radius 2 is 2.33 bits per heavy atom. The molecule has 0 saturated heterocycles. The number of thiazole rings is 1. The van der Waals surface area contributed by atoms with Gasteiger partial charge in [-0.1, -0.05) is 17.7 Å². The summed E-state index contributed by atoms with van der Waals surface area (Å²) in [4.78, 5) is 4.24. The van der Waals surface area contributed by atoms with E-state index in [0.29, 0.717) is 17.4 Å². The average Bonchev–Trinajstić information content (AvgIpc) is 2.75. The maximum absolute atomic E-state index is 5.99. The standard InChI is InChI=1S/C11H10ClNOS/c1-2-14-11-5-8(3-4-9(11)12)10-6-15-7-13-10/h3-7H,2H2,1H3. The van der Waals surface area contributed by atoms with Crippen LogP contribution < -0.4 is 4.74 Å². The highest BCUT2D eigenvalue weighted by molar-refractivity contribution is 7.07. The van der Waals surface area contributed by atoms with Crippen LogP contribution in [-0.2, 0) is 0 Å². The number of ether oxygens (including phenoxy) is 1. The Labute approximate surface area is 97.5 Å². The third kappa shape index (κ3) is 2.30. The average molecular weight is 240 g/mol. The minimum atomic E-state index is 0.611. The summed E-state index contributed by atoms with van der Waals surface area (Å²) in [7, 11) is 0. The molecule has 78 valence electrons. The van der Waals surface area contributed by atoms with Gasteiger partial charge in [-0.3, -0.25) is 0 Å². The molecule has 0 N–H and O–H groups in total. The van der Waals surface area contributed by atoms with Crippen LogP contribution in [-0.4, -0.2) is 11.6 Å². The van der Waals surface area contributed by atoms with Gasteiger partial charge in [0, 0.05) is 10.9 Å². The summed E-state index contributed by atoms with van der Waals surface area (Å²) in [5.74, 6) is 0.713. The highest BCUT2D eigenvalue weighted by atomic mass is 35.5. The van der Waals surface area contributed by atoms with E-state index in [1.807, 2.05) is 36.0 Å². The molecule has 0 amide bonds. The van der Waals surface area contributed by atoms with Crippen LogP contribution in [0.4, 0.5) is 0 Å². The van der Waals surface area contributed by atoms with Gasteiger partial charge in [-0.25, -0.2) is 4.98 Å². The van der Waals surface area contributed by atoms with E-state index in [-0.39, 0.29) is 0 Å². The molecule has 0 saturated carbocycles. The zero-order chi connectivity index (χ0) is 10.7. The Kier molecular flexibility index (Phi) is 3.23. The molecule has 4 heteroatoms. The van der Waals surface area contributed by atoms with Crippen LogP contribution in [0.25, 0.3) is 11.3 Å². The third-order valence-electron chi connectivity index (χ3n) is 1.96. The van der Waals surface area contributed by atoms with Gasteiger partial charge in [-0.15, -0.1) is 11.3 Å². The molecule has 2 rings (SSSR count). The highest BCUT2D eigenvalue weighted by Gasteiger charge is 2.05. The Balaban J connectivity index is 2.38. The van der Waals surface area contributed by atoms with Crippen molar-refractivity contribution in [1.29, 1.82) is 0 Å². The first-order valence-electron chi connectivity index (χ1n) is 4.62. The van der Waals surface area contributed by atoms with Gasteiger partial charge in [-0.2, -0.15) is 0 Å². The van der Waals surface area contributed by atoms with Gasteiger partial charge in [0.15, 0.2) is 0 Å². The Morgan fingerprint density at radius 1 is 1.47 bits per heavy atom. The van der Waals surface area contributed by atoms with Crippen molar-refractivity contribution in [2.45, 2.75) is 6.92 Å². The van der Waals surface area contributed by atoms with E-state index >= 15 is 0 Å². The van der Waals surface area contributed by atoms with Crippen molar-refractivity contribution in [2.75, 3.05) is 6.61 Å². The molecule has 15 heavy (non-hydrogen) atoms. The smallest absolute Gasteiger partial charge is 0.138 e. The van der Waals surface area contributed by atoms with Gasteiger partial charge >= 0.3 is 0 Å². The van der Waals surface area contributed by atoms with Crippen LogP contribution in [0.2, 0.25) is 5.02 Å². The van der Waals surface area contributed by atoms with E-state index < -0.39 is 0 Å². The van der Waals surface area contributed by atoms with Gasteiger partial charge in [0.25, 0.3) is 0 Å². The second-order valence-corrected chi connectivity index (χ2v) is 4.08. The molecule has 0 fully saturated rings. The zero-order valence-corrected chi connectivity index (χ0v) is 9.81. The molecule has 1 aromatic heterocycles. The van der Waals surface area contributed by atoms with Crippen LogP contribution in [0.1, 0.15) is 6.92 Å². The molecule has 0 aliphatic carbocycles. The van der Waals surface area contributed by atoms with E-state index in [0.717, 1.165) is 11.3 Å². The van der Waals surface area contributed by atoms with Gasteiger partial charge in [0.1, 0.15) is 5.75 Å². The predicted molar refractivity (Wildman–Crippen MR) is 63.7 cm³/mol. The lowest BCUT2D eigenvalue weighted by Crippen LogP contribution is -1.92. The van der Waals surface area contributed by atoms with Crippen molar-refractivity contribution in [3.63, 3.8) is 0 Å². The van der Waals surface area contributed by atoms with Crippen LogP contribution in [0.5, 0.6) is 5.75 Å². The van der Waals surface area contributed by atoms with Crippen LogP contribution in [0.3, 0.4) is 0 Å². The number of aromatic nitrogens is 1. The predicted octanol–water partition coefficient (Wildman–Crippen LogP) is 3.86. The number of hydrogen-bond donors (Lipinski definition) is 0. The highest BCUT2D eigenvalue weighted by Crippen LogP contribution is 2.30. The Morgan fingerprint density at radius 3 is 3.00 bits per heavy atom.